The number of nitrogens with two attached hydrogens (primary N) is 2. The molecule has 0 saturated heterocycles. The van der Waals surface area contributed by atoms with Gasteiger partial charge in [0.2, 0.25) is 0 Å². The van der Waals surface area contributed by atoms with Gasteiger partial charge in [-0.05, 0) is 0 Å². The first-order valence-corrected chi connectivity index (χ1v) is 22.3. The van der Waals surface area contributed by atoms with E-state index in [4.69, 9.17) is 70.2 Å². The van der Waals surface area contributed by atoms with Gasteiger partial charge in [-0.1, -0.05) is 0 Å². The summed E-state index contributed by atoms with van der Waals surface area (Å²) in [6, 6.07) is 0. The molecule has 0 unspecified atom stereocenters. The summed E-state index contributed by atoms with van der Waals surface area (Å²) in [5.41, 5.74) is 10.5. The molecular formula is C12H48N4O18P6. The SMILES string of the molecule is CP(=O)(O)O.CP(=O)(O)O.CP(=O)(O)O.CP(=O)(O)O.CP(=O)(O)O.CP(=O)(O)O.NCCNCCNCCN. The van der Waals surface area contributed by atoms with Gasteiger partial charge in [0.25, 0.3) is 0 Å². The summed E-state index contributed by atoms with van der Waals surface area (Å²) in [6.45, 7) is 10.3. The molecule has 0 bridgehead atoms. The second-order valence-corrected chi connectivity index (χ2v) is 17.1. The normalized spacial score (nSPS) is 11.4. The van der Waals surface area contributed by atoms with E-state index in [9.17, 15) is 27.4 Å². The van der Waals surface area contributed by atoms with Crippen molar-refractivity contribution in [1.82, 2.24) is 10.6 Å². The highest BCUT2D eigenvalue weighted by Gasteiger charge is 1.97. The summed E-state index contributed by atoms with van der Waals surface area (Å²) in [5, 5.41) is 6.33. The van der Waals surface area contributed by atoms with Gasteiger partial charge < -0.3 is 80.8 Å². The lowest BCUT2D eigenvalue weighted by atomic mass is 10.5. The van der Waals surface area contributed by atoms with Crippen molar-refractivity contribution in [2.24, 2.45) is 11.5 Å². The van der Waals surface area contributed by atoms with Crippen molar-refractivity contribution in [3.63, 3.8) is 0 Å². The lowest BCUT2D eigenvalue weighted by molar-refractivity contribution is 0.379. The first-order valence-electron chi connectivity index (χ1n) is 9.91. The van der Waals surface area contributed by atoms with Gasteiger partial charge in [-0.25, -0.2) is 0 Å². The molecule has 28 heteroatoms. The molecule has 0 aromatic carbocycles. The Morgan fingerprint density at radius 1 is 0.375 bits per heavy atom. The Balaban J connectivity index is -0.0000000651. The molecule has 22 nitrogen and oxygen atoms in total. The highest BCUT2D eigenvalue weighted by atomic mass is 31.2. The van der Waals surface area contributed by atoms with Crippen LogP contribution in [0.4, 0.5) is 0 Å². The van der Waals surface area contributed by atoms with Crippen LogP contribution in [-0.4, -0.2) is 138 Å². The molecule has 18 N–H and O–H groups in total. The maximum atomic E-state index is 9.33. The summed E-state index contributed by atoms with van der Waals surface area (Å²) in [5.74, 6) is 0. The van der Waals surface area contributed by atoms with Crippen LogP contribution in [0.25, 0.3) is 0 Å². The average Bonchev–Trinajstić information content (AvgIpc) is 2.48. The Hall–Kier alpha value is 0.740. The predicted octanol–water partition coefficient (Wildman–Crippen LogP) is -3.15. The van der Waals surface area contributed by atoms with Crippen LogP contribution in [0, 0.1) is 0 Å². The van der Waals surface area contributed by atoms with Gasteiger partial charge in [0.05, 0.1) is 0 Å². The Labute approximate surface area is 233 Å². The quantitative estimate of drug-likeness (QED) is 0.0910. The topological polar surface area (TPSA) is 421 Å². The Morgan fingerprint density at radius 2 is 0.475 bits per heavy atom. The van der Waals surface area contributed by atoms with Crippen LogP contribution < -0.4 is 22.1 Å². The van der Waals surface area contributed by atoms with Crippen molar-refractivity contribution in [1.29, 1.82) is 0 Å². The molecule has 0 aliphatic carbocycles. The van der Waals surface area contributed by atoms with E-state index >= 15 is 0 Å². The second kappa shape index (κ2) is 29.8. The molecule has 0 aromatic heterocycles. The minimum absolute atomic E-state index is 0.705. The fourth-order valence-electron chi connectivity index (χ4n) is 0.631. The van der Waals surface area contributed by atoms with Crippen LogP contribution in [0.2, 0.25) is 0 Å². The van der Waals surface area contributed by atoms with Crippen molar-refractivity contribution in [2.45, 2.75) is 0 Å². The van der Waals surface area contributed by atoms with Crippen molar-refractivity contribution in [2.75, 3.05) is 79.3 Å². The lowest BCUT2D eigenvalue weighted by Crippen LogP contribution is -2.32. The van der Waals surface area contributed by atoms with Crippen LogP contribution in [0.5, 0.6) is 0 Å². The lowest BCUT2D eigenvalue weighted by Gasteiger charge is -2.03. The summed E-state index contributed by atoms with van der Waals surface area (Å²) >= 11 is 0. The van der Waals surface area contributed by atoms with Crippen molar-refractivity contribution >= 4 is 45.6 Å². The third-order valence-electron chi connectivity index (χ3n) is 1.12. The molecule has 0 heterocycles. The monoisotopic (exact) mass is 722 g/mol. The molecule has 40 heavy (non-hydrogen) atoms. The maximum Gasteiger partial charge on any atom is 0.322 e. The van der Waals surface area contributed by atoms with Gasteiger partial charge in [-0.2, -0.15) is 0 Å². The van der Waals surface area contributed by atoms with Crippen LogP contribution in [0.1, 0.15) is 0 Å². The predicted molar refractivity (Wildman–Crippen MR) is 152 cm³/mol. The van der Waals surface area contributed by atoms with Crippen LogP contribution in [-0.2, 0) is 27.4 Å². The zero-order valence-electron chi connectivity index (χ0n) is 22.9. The highest BCUT2D eigenvalue weighted by molar-refractivity contribution is 7.52. The third kappa shape index (κ3) is 921. The van der Waals surface area contributed by atoms with Crippen LogP contribution >= 0.6 is 45.6 Å². The second-order valence-electron chi connectivity index (χ2n) is 7.09. The Kier molecular flexibility index (Phi) is 42.1. The Morgan fingerprint density at radius 3 is 0.550 bits per heavy atom. The molecule has 0 amide bonds. The van der Waals surface area contributed by atoms with Gasteiger partial charge in [0, 0.05) is 79.3 Å². The largest absolute Gasteiger partial charge is 0.329 e. The number of nitrogens with one attached hydrogen (secondary N) is 2. The van der Waals surface area contributed by atoms with E-state index in [1.54, 1.807) is 0 Å². The van der Waals surface area contributed by atoms with E-state index in [1.807, 2.05) is 0 Å². The van der Waals surface area contributed by atoms with E-state index in [1.165, 1.54) is 0 Å². The third-order valence-corrected chi connectivity index (χ3v) is 1.12. The molecule has 0 rings (SSSR count). The molecular weight excluding hydrogens is 674 g/mol. The molecule has 0 aliphatic rings. The van der Waals surface area contributed by atoms with Crippen molar-refractivity contribution < 1.29 is 86.1 Å². The molecule has 0 spiro atoms. The van der Waals surface area contributed by atoms with Gasteiger partial charge in [0.15, 0.2) is 0 Å². The van der Waals surface area contributed by atoms with E-state index in [2.05, 4.69) is 10.6 Å². The molecule has 0 aromatic rings. The van der Waals surface area contributed by atoms with Crippen molar-refractivity contribution in [3.05, 3.63) is 0 Å². The Bertz CT molecular complexity index is 614. The number of hydrogen-bond donors (Lipinski definition) is 16. The summed E-state index contributed by atoms with van der Waals surface area (Å²) in [4.78, 5) is 91.6. The van der Waals surface area contributed by atoms with Gasteiger partial charge in [0.1, 0.15) is 0 Å². The van der Waals surface area contributed by atoms with E-state index in [-0.39, 0.29) is 0 Å². The first kappa shape index (κ1) is 56.5. The van der Waals surface area contributed by atoms with Gasteiger partial charge >= 0.3 is 45.6 Å². The number of rotatable bonds is 7. The first-order chi connectivity index (χ1) is 16.9. The average molecular weight is 722 g/mol. The van der Waals surface area contributed by atoms with Gasteiger partial charge in [-0.3, -0.25) is 27.4 Å². The molecule has 254 valence electrons. The summed E-state index contributed by atoms with van der Waals surface area (Å²) in [6.07, 6.45) is 0. The molecule has 0 radical (unpaired) electrons. The zero-order chi connectivity index (χ0) is 34.7. The minimum atomic E-state index is -3.64. The fraction of sp³-hybridized carbons (Fsp3) is 1.00. The van der Waals surface area contributed by atoms with E-state index in [0.717, 1.165) is 66.2 Å². The maximum absolute atomic E-state index is 9.33. The van der Waals surface area contributed by atoms with E-state index in [0.29, 0.717) is 13.1 Å². The smallest absolute Gasteiger partial charge is 0.322 e. The van der Waals surface area contributed by atoms with Crippen LogP contribution in [0.3, 0.4) is 0 Å². The van der Waals surface area contributed by atoms with Crippen LogP contribution in [0.15, 0.2) is 0 Å². The van der Waals surface area contributed by atoms with E-state index < -0.39 is 45.6 Å². The number of hydrogen-bond acceptors (Lipinski definition) is 10. The standard InChI is InChI=1S/C6H18N4.6CH5O3P/c7-1-3-9-5-6-10-4-2-8;6*1-5(2,3)4/h9-10H,1-8H2;6*1H3,(H2,2,3,4). The summed E-state index contributed by atoms with van der Waals surface area (Å²) < 4.78 is 56.0. The molecule has 0 aliphatic heterocycles. The zero-order valence-corrected chi connectivity index (χ0v) is 28.3. The fourth-order valence-corrected chi connectivity index (χ4v) is 0.631. The minimum Gasteiger partial charge on any atom is -0.329 e. The van der Waals surface area contributed by atoms with Crippen molar-refractivity contribution in [3.8, 4) is 0 Å². The summed E-state index contributed by atoms with van der Waals surface area (Å²) in [7, 11) is -21.8. The molecule has 0 fully saturated rings. The van der Waals surface area contributed by atoms with Gasteiger partial charge in [-0.15, -0.1) is 0 Å². The highest BCUT2D eigenvalue weighted by Crippen LogP contribution is 2.28. The molecule has 0 atom stereocenters. The molecule has 0 saturated carbocycles.